The quantitative estimate of drug-likeness (QED) is 0.780. The largest absolute Gasteiger partial charge is 0.457 e. The highest BCUT2D eigenvalue weighted by Gasteiger charge is 2.08. The van der Waals surface area contributed by atoms with Gasteiger partial charge < -0.3 is 4.74 Å². The molecule has 1 atom stereocenters. The Morgan fingerprint density at radius 3 is 2.40 bits per heavy atom. The van der Waals surface area contributed by atoms with Crippen LogP contribution in [-0.4, -0.2) is 9.96 Å². The highest BCUT2D eigenvalue weighted by molar-refractivity contribution is 7.85. The fraction of sp³-hybridized carbons (Fsp3) is 0.250. The first-order valence-corrected chi connectivity index (χ1v) is 8.22. The van der Waals surface area contributed by atoms with Gasteiger partial charge in [0, 0.05) is 15.7 Å². The van der Waals surface area contributed by atoms with Crippen LogP contribution in [-0.2, 0) is 10.8 Å². The van der Waals surface area contributed by atoms with E-state index in [0.29, 0.717) is 22.3 Å². The van der Waals surface area contributed by atoms with Gasteiger partial charge >= 0.3 is 0 Å². The summed E-state index contributed by atoms with van der Waals surface area (Å²) in [5.41, 5.74) is 1.03. The Morgan fingerprint density at radius 1 is 1.10 bits per heavy atom. The SMILES string of the molecule is CCCS(=O)c1cc(Oc2ccc(Cl)cc2)ccc1C. The molecule has 106 valence electrons. The van der Waals surface area contributed by atoms with Gasteiger partial charge in [-0.05, 0) is 55.3 Å². The van der Waals surface area contributed by atoms with Gasteiger partial charge in [0.25, 0.3) is 0 Å². The standard InChI is InChI=1S/C16H17ClO2S/c1-3-10-20(18)16-11-15(7-4-12(16)2)19-14-8-5-13(17)6-9-14/h4-9,11H,3,10H2,1-2H3. The molecule has 0 aliphatic carbocycles. The number of rotatable bonds is 5. The Bertz CT molecular complexity index is 608. The topological polar surface area (TPSA) is 26.3 Å². The zero-order chi connectivity index (χ0) is 14.5. The van der Waals surface area contributed by atoms with Crippen molar-refractivity contribution in [1.82, 2.24) is 0 Å². The van der Waals surface area contributed by atoms with Gasteiger partial charge in [-0.25, -0.2) is 0 Å². The molecule has 0 aliphatic rings. The second-order valence-corrected chi connectivity index (χ2v) is 6.51. The lowest BCUT2D eigenvalue weighted by Crippen LogP contribution is -1.99. The Balaban J connectivity index is 2.22. The van der Waals surface area contributed by atoms with Gasteiger partial charge in [0.1, 0.15) is 11.5 Å². The van der Waals surface area contributed by atoms with E-state index in [1.165, 1.54) is 0 Å². The summed E-state index contributed by atoms with van der Waals surface area (Å²) >= 11 is 5.84. The van der Waals surface area contributed by atoms with Crippen LogP contribution >= 0.6 is 11.6 Å². The molecule has 0 bridgehead atoms. The van der Waals surface area contributed by atoms with Gasteiger partial charge in [-0.1, -0.05) is 24.6 Å². The molecule has 2 rings (SSSR count). The van der Waals surface area contributed by atoms with Crippen molar-refractivity contribution >= 4 is 22.4 Å². The lowest BCUT2D eigenvalue weighted by atomic mass is 10.2. The van der Waals surface area contributed by atoms with E-state index in [9.17, 15) is 4.21 Å². The van der Waals surface area contributed by atoms with Gasteiger partial charge in [0.05, 0.1) is 10.8 Å². The first-order valence-electron chi connectivity index (χ1n) is 6.52. The van der Waals surface area contributed by atoms with E-state index in [1.54, 1.807) is 12.1 Å². The molecule has 0 aromatic heterocycles. The molecule has 20 heavy (non-hydrogen) atoms. The molecular weight excluding hydrogens is 292 g/mol. The van der Waals surface area contributed by atoms with Gasteiger partial charge in [-0.3, -0.25) is 4.21 Å². The molecule has 0 saturated heterocycles. The maximum Gasteiger partial charge on any atom is 0.128 e. The summed E-state index contributed by atoms with van der Waals surface area (Å²) in [6, 6.07) is 12.9. The monoisotopic (exact) mass is 308 g/mol. The van der Waals surface area contributed by atoms with Crippen LogP contribution in [0.1, 0.15) is 18.9 Å². The molecule has 4 heteroatoms. The molecule has 1 unspecified atom stereocenters. The second-order valence-electron chi connectivity index (χ2n) is 4.53. The van der Waals surface area contributed by atoms with Gasteiger partial charge in [0.15, 0.2) is 0 Å². The zero-order valence-corrected chi connectivity index (χ0v) is 13.1. The molecule has 2 aromatic rings. The Morgan fingerprint density at radius 2 is 1.75 bits per heavy atom. The Labute approximate surface area is 127 Å². The van der Waals surface area contributed by atoms with Crippen molar-refractivity contribution < 1.29 is 8.95 Å². The number of ether oxygens (including phenoxy) is 1. The number of hydrogen-bond donors (Lipinski definition) is 0. The van der Waals surface area contributed by atoms with Crippen molar-refractivity contribution in [2.24, 2.45) is 0 Å². The average molecular weight is 309 g/mol. The molecule has 2 nitrogen and oxygen atoms in total. The molecule has 0 fully saturated rings. The van der Waals surface area contributed by atoms with Crippen LogP contribution in [0.4, 0.5) is 0 Å². The summed E-state index contributed by atoms with van der Waals surface area (Å²) in [5, 5.41) is 0.672. The van der Waals surface area contributed by atoms with Crippen LogP contribution in [0.15, 0.2) is 47.4 Å². The van der Waals surface area contributed by atoms with Crippen LogP contribution in [0.5, 0.6) is 11.5 Å². The van der Waals surface area contributed by atoms with Crippen molar-refractivity contribution in [2.45, 2.75) is 25.2 Å². The first-order chi connectivity index (χ1) is 9.60. The number of halogens is 1. The summed E-state index contributed by atoms with van der Waals surface area (Å²) in [6.45, 7) is 4.00. The maximum atomic E-state index is 12.2. The Hall–Kier alpha value is -1.32. The number of benzene rings is 2. The fourth-order valence-corrected chi connectivity index (χ4v) is 3.21. The molecule has 0 radical (unpaired) electrons. The van der Waals surface area contributed by atoms with Gasteiger partial charge in [-0.15, -0.1) is 0 Å². The zero-order valence-electron chi connectivity index (χ0n) is 11.6. The van der Waals surface area contributed by atoms with Crippen molar-refractivity contribution in [2.75, 3.05) is 5.75 Å². The highest BCUT2D eigenvalue weighted by atomic mass is 35.5. The van der Waals surface area contributed by atoms with E-state index < -0.39 is 10.8 Å². The third kappa shape index (κ3) is 3.84. The summed E-state index contributed by atoms with van der Waals surface area (Å²) in [6.07, 6.45) is 0.897. The molecule has 2 aromatic carbocycles. The minimum absolute atomic E-state index is 0.672. The lowest BCUT2D eigenvalue weighted by molar-refractivity contribution is 0.481. The van der Waals surface area contributed by atoms with Gasteiger partial charge in [0.2, 0.25) is 0 Å². The lowest BCUT2D eigenvalue weighted by Gasteiger charge is -2.10. The minimum Gasteiger partial charge on any atom is -0.457 e. The van der Waals surface area contributed by atoms with E-state index >= 15 is 0 Å². The molecule has 0 spiro atoms. The van der Waals surface area contributed by atoms with Crippen LogP contribution < -0.4 is 4.74 Å². The molecule has 0 N–H and O–H groups in total. The maximum absolute atomic E-state index is 12.2. The van der Waals surface area contributed by atoms with E-state index in [4.69, 9.17) is 16.3 Å². The molecular formula is C16H17ClO2S. The normalized spacial score (nSPS) is 12.2. The van der Waals surface area contributed by atoms with Crippen LogP contribution in [0.3, 0.4) is 0 Å². The van der Waals surface area contributed by atoms with Crippen molar-refractivity contribution in [3.05, 3.63) is 53.1 Å². The van der Waals surface area contributed by atoms with Crippen molar-refractivity contribution in [3.63, 3.8) is 0 Å². The summed E-state index contributed by atoms with van der Waals surface area (Å²) < 4.78 is 17.9. The van der Waals surface area contributed by atoms with Gasteiger partial charge in [-0.2, -0.15) is 0 Å². The summed E-state index contributed by atoms with van der Waals surface area (Å²) in [5.74, 6) is 2.08. The number of hydrogen-bond acceptors (Lipinski definition) is 2. The summed E-state index contributed by atoms with van der Waals surface area (Å²) in [4.78, 5) is 0.846. The van der Waals surface area contributed by atoms with Crippen LogP contribution in [0, 0.1) is 6.92 Å². The molecule has 0 heterocycles. The molecule has 0 amide bonds. The second kappa shape index (κ2) is 6.91. The predicted molar refractivity (Wildman–Crippen MR) is 84.3 cm³/mol. The smallest absolute Gasteiger partial charge is 0.128 e. The first kappa shape index (κ1) is 15.1. The average Bonchev–Trinajstić information content (AvgIpc) is 2.43. The third-order valence-corrected chi connectivity index (χ3v) is 4.81. The van der Waals surface area contributed by atoms with E-state index in [2.05, 4.69) is 0 Å². The predicted octanol–water partition coefficient (Wildman–Crippen LogP) is 4.96. The van der Waals surface area contributed by atoms with Crippen LogP contribution in [0.2, 0.25) is 5.02 Å². The molecule has 0 aliphatic heterocycles. The Kier molecular flexibility index (Phi) is 5.21. The minimum atomic E-state index is -0.968. The van der Waals surface area contributed by atoms with E-state index in [1.807, 2.05) is 44.2 Å². The highest BCUT2D eigenvalue weighted by Crippen LogP contribution is 2.26. The van der Waals surface area contributed by atoms with Crippen molar-refractivity contribution in [1.29, 1.82) is 0 Å². The number of aryl methyl sites for hydroxylation is 1. The molecule has 0 saturated carbocycles. The summed E-state index contributed by atoms with van der Waals surface area (Å²) in [7, 11) is -0.968. The van der Waals surface area contributed by atoms with Crippen molar-refractivity contribution in [3.8, 4) is 11.5 Å². The van der Waals surface area contributed by atoms with E-state index in [0.717, 1.165) is 16.9 Å². The fourth-order valence-electron chi connectivity index (χ4n) is 1.82. The van der Waals surface area contributed by atoms with E-state index in [-0.39, 0.29) is 0 Å². The van der Waals surface area contributed by atoms with Crippen LogP contribution in [0.25, 0.3) is 0 Å². The third-order valence-electron chi connectivity index (χ3n) is 2.84.